The second kappa shape index (κ2) is 11.5. The number of urea groups is 1. The fourth-order valence-electron chi connectivity index (χ4n) is 4.53. The van der Waals surface area contributed by atoms with E-state index in [1.54, 1.807) is 9.47 Å². The van der Waals surface area contributed by atoms with Gasteiger partial charge in [0.15, 0.2) is 0 Å². The predicted octanol–water partition coefficient (Wildman–Crippen LogP) is 2.89. The molecule has 0 saturated carbocycles. The number of benzene rings is 1. The monoisotopic (exact) mass is 508 g/mol. The van der Waals surface area contributed by atoms with Crippen LogP contribution in [0.15, 0.2) is 35.6 Å². The summed E-state index contributed by atoms with van der Waals surface area (Å²) in [5.74, 6) is -0.726. The van der Waals surface area contributed by atoms with Crippen molar-refractivity contribution in [3.05, 3.63) is 47.5 Å². The predicted molar refractivity (Wildman–Crippen MR) is 127 cm³/mol. The van der Waals surface area contributed by atoms with Gasteiger partial charge < -0.3 is 24.3 Å². The summed E-state index contributed by atoms with van der Waals surface area (Å²) in [6.07, 6.45) is 4.92. The molecule has 0 bridgehead atoms. The van der Waals surface area contributed by atoms with Crippen LogP contribution in [-0.2, 0) is 38.2 Å². The van der Waals surface area contributed by atoms with Gasteiger partial charge in [-0.2, -0.15) is 0 Å². The number of ether oxygens (including phenoxy) is 2. The number of hydrogen-bond acceptors (Lipinski definition) is 6. The van der Waals surface area contributed by atoms with Crippen LogP contribution < -0.4 is 5.32 Å². The third-order valence-corrected chi connectivity index (χ3v) is 7.87. The van der Waals surface area contributed by atoms with Crippen LogP contribution in [0.5, 0.6) is 0 Å². The number of imidazole rings is 1. The number of hydrogen-bond donors (Lipinski definition) is 1. The molecule has 0 aliphatic carbocycles. The summed E-state index contributed by atoms with van der Waals surface area (Å²) in [5, 5.41) is 2.77. The molecule has 2 amide bonds. The second-order valence-corrected chi connectivity index (χ2v) is 10.9. The minimum absolute atomic E-state index is 0.0474. The van der Waals surface area contributed by atoms with E-state index < -0.39 is 15.7 Å². The minimum Gasteiger partial charge on any atom is -0.376 e. The van der Waals surface area contributed by atoms with Gasteiger partial charge in [0.25, 0.3) is 0 Å². The normalized spacial score (nSPS) is 20.3. The van der Waals surface area contributed by atoms with Gasteiger partial charge in [0.1, 0.15) is 5.82 Å². The first-order valence-corrected chi connectivity index (χ1v) is 13.8. The van der Waals surface area contributed by atoms with Crippen LogP contribution in [0, 0.1) is 5.82 Å². The average molecular weight is 509 g/mol. The topological polar surface area (TPSA) is 103 Å². The zero-order chi connectivity index (χ0) is 24.8. The van der Waals surface area contributed by atoms with Gasteiger partial charge in [-0.3, -0.25) is 0 Å². The summed E-state index contributed by atoms with van der Waals surface area (Å²) in [7, 11) is -3.84. The Balaban J connectivity index is 1.62. The Morgan fingerprint density at radius 1 is 1.17 bits per heavy atom. The molecule has 0 radical (unpaired) electrons. The van der Waals surface area contributed by atoms with E-state index >= 15 is 0 Å². The molecule has 0 spiro atoms. The van der Waals surface area contributed by atoms with Gasteiger partial charge in [-0.25, -0.2) is 22.6 Å². The van der Waals surface area contributed by atoms with Crippen molar-refractivity contribution in [2.75, 3.05) is 26.3 Å². The van der Waals surface area contributed by atoms with E-state index in [9.17, 15) is 17.6 Å². The lowest BCUT2D eigenvalue weighted by molar-refractivity contribution is 0.0772. The van der Waals surface area contributed by atoms with Gasteiger partial charge in [0.2, 0.25) is 15.0 Å². The third-order valence-electron chi connectivity index (χ3n) is 6.28. The van der Waals surface area contributed by atoms with Crippen molar-refractivity contribution < 1.29 is 27.1 Å². The van der Waals surface area contributed by atoms with E-state index in [1.807, 2.05) is 6.92 Å². The van der Waals surface area contributed by atoms with Gasteiger partial charge in [-0.05, 0) is 50.3 Å². The number of carbonyl (C=O) groups is 1. The van der Waals surface area contributed by atoms with Crippen LogP contribution >= 0.6 is 0 Å². The maximum atomic E-state index is 13.4. The maximum absolute atomic E-state index is 13.4. The molecular weight excluding hydrogens is 475 g/mol. The number of sulfone groups is 1. The number of amides is 2. The van der Waals surface area contributed by atoms with E-state index in [2.05, 4.69) is 10.3 Å². The van der Waals surface area contributed by atoms with E-state index in [0.29, 0.717) is 44.1 Å². The molecule has 1 aromatic heterocycles. The summed E-state index contributed by atoms with van der Waals surface area (Å²) < 4.78 is 53.2. The van der Waals surface area contributed by atoms with Gasteiger partial charge >= 0.3 is 6.03 Å². The minimum atomic E-state index is -3.84. The first kappa shape index (κ1) is 25.6. The summed E-state index contributed by atoms with van der Waals surface area (Å²) in [4.78, 5) is 18.8. The highest BCUT2D eigenvalue weighted by atomic mass is 32.2. The molecule has 1 N–H and O–H groups in total. The Morgan fingerprint density at radius 3 is 2.49 bits per heavy atom. The van der Waals surface area contributed by atoms with E-state index in [-0.39, 0.29) is 35.7 Å². The smallest absolute Gasteiger partial charge is 0.317 e. The van der Waals surface area contributed by atoms with Crippen LogP contribution in [0.4, 0.5) is 9.18 Å². The standard InChI is InChI=1S/C24H33FN4O5S/c1-2-26-23(30)28(15-21-5-3-11-33-21)14-20-13-27-24(29(20)16-22-6-4-12-34-22)35(31,32)17-18-7-9-19(25)10-8-18/h7-10,13,21-22H,2-6,11-12,14-17H2,1H3,(H,26,30)/t21-,22+/m1/s1. The van der Waals surface area contributed by atoms with Crippen molar-refractivity contribution in [3.8, 4) is 0 Å². The number of nitrogens with zero attached hydrogens (tertiary/aromatic N) is 3. The lowest BCUT2D eigenvalue weighted by atomic mass is 10.2. The van der Waals surface area contributed by atoms with Crippen LogP contribution in [-0.4, -0.2) is 67.4 Å². The Kier molecular flexibility index (Phi) is 8.40. The first-order chi connectivity index (χ1) is 16.9. The van der Waals surface area contributed by atoms with Crippen molar-refractivity contribution >= 4 is 15.9 Å². The molecule has 11 heteroatoms. The van der Waals surface area contributed by atoms with Crippen molar-refractivity contribution in [1.29, 1.82) is 0 Å². The molecule has 2 saturated heterocycles. The zero-order valence-corrected chi connectivity index (χ0v) is 20.8. The SMILES string of the molecule is CCNC(=O)N(Cc1cnc(S(=O)(=O)Cc2ccc(F)cc2)n1C[C@@H]1CCCO1)C[C@H]1CCCO1. The van der Waals surface area contributed by atoms with Gasteiger partial charge in [0, 0.05) is 26.3 Å². The molecule has 192 valence electrons. The molecule has 9 nitrogen and oxygen atoms in total. The molecule has 1 aromatic carbocycles. The Hall–Kier alpha value is -2.50. The molecule has 2 aliphatic rings. The van der Waals surface area contributed by atoms with Crippen LogP contribution in [0.3, 0.4) is 0 Å². The van der Waals surface area contributed by atoms with Gasteiger partial charge in [0.05, 0.1) is 42.9 Å². The lowest BCUT2D eigenvalue weighted by Gasteiger charge is -2.26. The zero-order valence-electron chi connectivity index (χ0n) is 20.0. The second-order valence-electron chi connectivity index (χ2n) is 9.01. The van der Waals surface area contributed by atoms with E-state index in [0.717, 1.165) is 25.7 Å². The fourth-order valence-corrected chi connectivity index (χ4v) is 6.03. The molecule has 2 atom stereocenters. The van der Waals surface area contributed by atoms with Crippen molar-refractivity contribution in [2.45, 2.75) is 68.8 Å². The maximum Gasteiger partial charge on any atom is 0.317 e. The quantitative estimate of drug-likeness (QED) is 0.530. The fraction of sp³-hybridized carbons (Fsp3) is 0.583. The van der Waals surface area contributed by atoms with Crippen molar-refractivity contribution in [1.82, 2.24) is 19.8 Å². The summed E-state index contributed by atoms with van der Waals surface area (Å²) in [6, 6.07) is 5.16. The van der Waals surface area contributed by atoms with Crippen LogP contribution in [0.25, 0.3) is 0 Å². The number of rotatable bonds is 10. The Morgan fingerprint density at radius 2 is 1.86 bits per heavy atom. The number of aromatic nitrogens is 2. The molecule has 0 unspecified atom stereocenters. The highest BCUT2D eigenvalue weighted by Crippen LogP contribution is 2.23. The Labute approximate surface area is 205 Å². The summed E-state index contributed by atoms with van der Waals surface area (Å²) >= 11 is 0. The van der Waals surface area contributed by atoms with Crippen molar-refractivity contribution in [3.63, 3.8) is 0 Å². The first-order valence-electron chi connectivity index (χ1n) is 12.1. The largest absolute Gasteiger partial charge is 0.376 e. The van der Waals surface area contributed by atoms with E-state index in [4.69, 9.17) is 9.47 Å². The Bertz CT molecular complexity index is 1090. The van der Waals surface area contributed by atoms with Gasteiger partial charge in [-0.15, -0.1) is 0 Å². The van der Waals surface area contributed by atoms with Crippen LogP contribution in [0.1, 0.15) is 43.9 Å². The number of nitrogens with one attached hydrogen (secondary N) is 1. The average Bonchev–Trinajstić information content (AvgIpc) is 3.59. The lowest BCUT2D eigenvalue weighted by Crippen LogP contribution is -2.43. The van der Waals surface area contributed by atoms with Crippen molar-refractivity contribution in [2.24, 2.45) is 0 Å². The summed E-state index contributed by atoms with van der Waals surface area (Å²) in [5.41, 5.74) is 1.09. The highest BCUT2D eigenvalue weighted by molar-refractivity contribution is 7.90. The van der Waals surface area contributed by atoms with E-state index in [1.165, 1.54) is 30.5 Å². The molecule has 3 heterocycles. The van der Waals surface area contributed by atoms with Gasteiger partial charge in [-0.1, -0.05) is 12.1 Å². The molecular formula is C24H33FN4O5S. The third kappa shape index (κ3) is 6.59. The molecule has 2 aromatic rings. The molecule has 2 fully saturated rings. The molecule has 35 heavy (non-hydrogen) atoms. The molecule has 4 rings (SSSR count). The van der Waals surface area contributed by atoms with Crippen LogP contribution in [0.2, 0.25) is 0 Å². The summed E-state index contributed by atoms with van der Waals surface area (Å²) in [6.45, 7) is 4.58. The molecule has 2 aliphatic heterocycles. The number of halogens is 1. The highest BCUT2D eigenvalue weighted by Gasteiger charge is 2.29. The number of carbonyl (C=O) groups excluding carboxylic acids is 1.